The summed E-state index contributed by atoms with van der Waals surface area (Å²) < 4.78 is 14.0. The second-order valence-corrected chi connectivity index (χ2v) is 5.61. The van der Waals surface area contributed by atoms with Crippen LogP contribution in [0.2, 0.25) is 0 Å². The van der Waals surface area contributed by atoms with E-state index in [2.05, 4.69) is 36.7 Å². The number of halogens is 2. The molecule has 0 heterocycles. The third-order valence-electron chi connectivity index (χ3n) is 3.26. The lowest BCUT2D eigenvalue weighted by Crippen LogP contribution is -2.46. The van der Waals surface area contributed by atoms with E-state index in [1.807, 2.05) is 6.07 Å². The number of rotatable bonds is 4. The fraction of sp³-hybridized carbons (Fsp3) is 0.538. The Morgan fingerprint density at radius 2 is 2.00 bits per heavy atom. The van der Waals surface area contributed by atoms with E-state index in [0.29, 0.717) is 12.3 Å². The summed E-state index contributed by atoms with van der Waals surface area (Å²) in [4.78, 5) is 0. The van der Waals surface area contributed by atoms with E-state index in [1.54, 1.807) is 6.07 Å². The van der Waals surface area contributed by atoms with Crippen molar-refractivity contribution in [3.8, 4) is 0 Å². The molecule has 1 unspecified atom stereocenters. The monoisotopic (exact) mass is 287 g/mol. The molecule has 0 saturated heterocycles. The van der Waals surface area contributed by atoms with Crippen molar-refractivity contribution in [2.75, 3.05) is 0 Å². The van der Waals surface area contributed by atoms with Gasteiger partial charge in [0.05, 0.1) is 0 Å². The van der Waals surface area contributed by atoms with Gasteiger partial charge in [0.2, 0.25) is 0 Å². The van der Waals surface area contributed by atoms with E-state index in [1.165, 1.54) is 6.07 Å². The maximum atomic E-state index is 13.2. The van der Waals surface area contributed by atoms with Crippen molar-refractivity contribution in [3.05, 3.63) is 34.1 Å². The number of hydrogen-bond acceptors (Lipinski definition) is 1. The van der Waals surface area contributed by atoms with Crippen molar-refractivity contribution in [1.82, 2.24) is 0 Å². The van der Waals surface area contributed by atoms with Crippen LogP contribution in [0.15, 0.2) is 22.7 Å². The van der Waals surface area contributed by atoms with E-state index in [9.17, 15) is 4.39 Å². The average Bonchev–Trinajstić information content (AvgIpc) is 2.15. The molecule has 0 fully saturated rings. The molecular formula is C13H19BrFN. The molecule has 0 aromatic heterocycles. The lowest BCUT2D eigenvalue weighted by atomic mass is 9.80. The van der Waals surface area contributed by atoms with Crippen LogP contribution in [0.5, 0.6) is 0 Å². The molecule has 1 rings (SSSR count). The highest BCUT2D eigenvalue weighted by Crippen LogP contribution is 2.25. The summed E-state index contributed by atoms with van der Waals surface area (Å²) in [6, 6.07) is 4.95. The molecule has 0 bridgehead atoms. The number of nitrogens with two attached hydrogens (primary N) is 1. The van der Waals surface area contributed by atoms with Gasteiger partial charge in [0.15, 0.2) is 0 Å². The first-order valence-electron chi connectivity index (χ1n) is 5.61. The van der Waals surface area contributed by atoms with Gasteiger partial charge in [-0.15, -0.1) is 0 Å². The zero-order chi connectivity index (χ0) is 12.3. The Morgan fingerprint density at radius 3 is 2.44 bits per heavy atom. The fourth-order valence-corrected chi connectivity index (χ4v) is 2.34. The molecule has 0 amide bonds. The maximum absolute atomic E-state index is 13.2. The molecule has 1 aromatic rings. The van der Waals surface area contributed by atoms with E-state index in [-0.39, 0.29) is 11.4 Å². The third kappa shape index (κ3) is 3.29. The first kappa shape index (κ1) is 13.7. The smallest absolute Gasteiger partial charge is 0.124 e. The molecule has 0 saturated carbocycles. The van der Waals surface area contributed by atoms with Gasteiger partial charge in [0.25, 0.3) is 0 Å². The Bertz CT molecular complexity index is 345. The van der Waals surface area contributed by atoms with Gasteiger partial charge in [-0.3, -0.25) is 0 Å². The average molecular weight is 288 g/mol. The summed E-state index contributed by atoms with van der Waals surface area (Å²) >= 11 is 3.30. The fourth-order valence-electron chi connectivity index (χ4n) is 1.83. The Kier molecular flexibility index (Phi) is 4.51. The quantitative estimate of drug-likeness (QED) is 0.893. The Hall–Kier alpha value is -0.410. The van der Waals surface area contributed by atoms with Crippen molar-refractivity contribution in [2.24, 2.45) is 11.7 Å². The molecule has 0 radical (unpaired) electrons. The van der Waals surface area contributed by atoms with E-state index >= 15 is 0 Å². The lowest BCUT2D eigenvalue weighted by molar-refractivity contribution is 0.296. The molecule has 3 heteroatoms. The second-order valence-electron chi connectivity index (χ2n) is 4.70. The molecule has 16 heavy (non-hydrogen) atoms. The first-order chi connectivity index (χ1) is 7.37. The van der Waals surface area contributed by atoms with Crippen LogP contribution in [0.3, 0.4) is 0 Å². The molecular weight excluding hydrogens is 269 g/mol. The van der Waals surface area contributed by atoms with Gasteiger partial charge in [-0.1, -0.05) is 36.7 Å². The van der Waals surface area contributed by atoms with Gasteiger partial charge in [0.1, 0.15) is 5.82 Å². The van der Waals surface area contributed by atoms with Gasteiger partial charge >= 0.3 is 0 Å². The minimum Gasteiger partial charge on any atom is -0.325 e. The van der Waals surface area contributed by atoms with Crippen LogP contribution >= 0.6 is 15.9 Å². The van der Waals surface area contributed by atoms with Crippen LogP contribution in [0.25, 0.3) is 0 Å². The van der Waals surface area contributed by atoms with Gasteiger partial charge < -0.3 is 5.73 Å². The highest BCUT2D eigenvalue weighted by molar-refractivity contribution is 9.10. The van der Waals surface area contributed by atoms with E-state index in [4.69, 9.17) is 5.73 Å². The SMILES string of the molecule is CCC(N)(Cc1cc(F)cc(Br)c1)C(C)C. The molecule has 90 valence electrons. The Balaban J connectivity index is 2.94. The van der Waals surface area contributed by atoms with Gasteiger partial charge in [0, 0.05) is 10.0 Å². The standard InChI is InChI=1S/C13H19BrFN/c1-4-13(16,9(2)3)8-10-5-11(14)7-12(15)6-10/h5-7,9H,4,8,16H2,1-3H3. The van der Waals surface area contributed by atoms with Crippen LogP contribution in [-0.4, -0.2) is 5.54 Å². The number of benzene rings is 1. The van der Waals surface area contributed by atoms with Crippen LogP contribution in [0, 0.1) is 11.7 Å². The van der Waals surface area contributed by atoms with Gasteiger partial charge in [-0.05, 0) is 42.5 Å². The minimum atomic E-state index is -0.257. The largest absolute Gasteiger partial charge is 0.325 e. The Morgan fingerprint density at radius 1 is 1.38 bits per heavy atom. The summed E-state index contributed by atoms with van der Waals surface area (Å²) in [5.41, 5.74) is 7.03. The van der Waals surface area contributed by atoms with E-state index < -0.39 is 0 Å². The highest BCUT2D eigenvalue weighted by atomic mass is 79.9. The normalized spacial score (nSPS) is 15.2. The maximum Gasteiger partial charge on any atom is 0.124 e. The summed E-state index contributed by atoms with van der Waals surface area (Å²) in [6.07, 6.45) is 1.59. The molecule has 0 spiro atoms. The van der Waals surface area contributed by atoms with Crippen LogP contribution in [-0.2, 0) is 6.42 Å². The van der Waals surface area contributed by atoms with E-state index in [0.717, 1.165) is 16.5 Å². The molecule has 1 nitrogen and oxygen atoms in total. The van der Waals surface area contributed by atoms with Crippen molar-refractivity contribution >= 4 is 15.9 Å². The molecule has 0 aliphatic carbocycles. The molecule has 1 aromatic carbocycles. The first-order valence-corrected chi connectivity index (χ1v) is 6.40. The zero-order valence-electron chi connectivity index (χ0n) is 10.1. The molecule has 0 aliphatic rings. The van der Waals surface area contributed by atoms with Crippen molar-refractivity contribution in [3.63, 3.8) is 0 Å². The lowest BCUT2D eigenvalue weighted by Gasteiger charge is -2.32. The molecule has 0 aliphatic heterocycles. The second kappa shape index (κ2) is 5.28. The summed E-state index contributed by atoms with van der Waals surface area (Å²) in [5, 5.41) is 0. The summed E-state index contributed by atoms with van der Waals surface area (Å²) in [7, 11) is 0. The predicted molar refractivity (Wildman–Crippen MR) is 69.9 cm³/mol. The predicted octanol–water partition coefficient (Wildman–Crippen LogP) is 3.89. The van der Waals surface area contributed by atoms with Crippen molar-refractivity contribution in [1.29, 1.82) is 0 Å². The van der Waals surface area contributed by atoms with Gasteiger partial charge in [-0.25, -0.2) is 4.39 Å². The molecule has 1 atom stereocenters. The van der Waals surface area contributed by atoms with Gasteiger partial charge in [-0.2, -0.15) is 0 Å². The van der Waals surface area contributed by atoms with Crippen molar-refractivity contribution in [2.45, 2.75) is 39.2 Å². The number of hydrogen-bond donors (Lipinski definition) is 1. The third-order valence-corrected chi connectivity index (χ3v) is 3.72. The van der Waals surface area contributed by atoms with Crippen molar-refractivity contribution < 1.29 is 4.39 Å². The van der Waals surface area contributed by atoms with Crippen LogP contribution in [0.4, 0.5) is 4.39 Å². The summed E-state index contributed by atoms with van der Waals surface area (Å²) in [5.74, 6) is 0.158. The van der Waals surface area contributed by atoms with Crippen LogP contribution in [0.1, 0.15) is 32.8 Å². The topological polar surface area (TPSA) is 26.0 Å². The zero-order valence-corrected chi connectivity index (χ0v) is 11.6. The molecule has 2 N–H and O–H groups in total. The summed E-state index contributed by atoms with van der Waals surface area (Å²) in [6.45, 7) is 6.30. The van der Waals surface area contributed by atoms with Crippen LogP contribution < -0.4 is 5.73 Å². The Labute approximate surface area is 105 Å². The minimum absolute atomic E-state index is 0.216. The highest BCUT2D eigenvalue weighted by Gasteiger charge is 2.27.